The normalized spacial score (nSPS) is 12.3. The van der Waals surface area contributed by atoms with Crippen LogP contribution in [-0.2, 0) is 4.84 Å². The number of hydrogen-bond donors (Lipinski definition) is 3. The molecule has 0 bridgehead atoms. The standard InChI is InChI=1S/C13H18ClFN2O3/c1-8(2)7-20-17-13(19)16-6-12(18)9-3-4-10(14)11(15)5-9/h3-5,8,12,18H,6-7H2,1-2H3,(H2,16,17,19)/t12-/m1/s1. The minimum atomic E-state index is -1.03. The van der Waals surface area contributed by atoms with Crippen LogP contribution >= 0.6 is 11.6 Å². The topological polar surface area (TPSA) is 70.6 Å². The number of carbonyl (C=O) groups is 1. The van der Waals surface area contributed by atoms with Crippen LogP contribution in [0.1, 0.15) is 25.5 Å². The minimum Gasteiger partial charge on any atom is -0.387 e. The fourth-order valence-corrected chi connectivity index (χ4v) is 1.45. The fourth-order valence-electron chi connectivity index (χ4n) is 1.34. The van der Waals surface area contributed by atoms with Crippen LogP contribution in [0.4, 0.5) is 9.18 Å². The molecular weight excluding hydrogens is 287 g/mol. The number of halogens is 2. The van der Waals surface area contributed by atoms with E-state index in [-0.39, 0.29) is 17.5 Å². The van der Waals surface area contributed by atoms with E-state index in [2.05, 4.69) is 10.8 Å². The molecule has 0 saturated heterocycles. The first kappa shape index (κ1) is 16.7. The molecule has 0 aliphatic carbocycles. The largest absolute Gasteiger partial charge is 0.387 e. The molecule has 0 saturated carbocycles. The lowest BCUT2D eigenvalue weighted by molar-refractivity contribution is 0.0429. The summed E-state index contributed by atoms with van der Waals surface area (Å²) in [5.41, 5.74) is 2.51. The third kappa shape index (κ3) is 5.73. The van der Waals surface area contributed by atoms with Crippen LogP contribution in [0, 0.1) is 11.7 Å². The molecule has 0 aromatic heterocycles. The van der Waals surface area contributed by atoms with Gasteiger partial charge in [0.1, 0.15) is 5.82 Å². The number of aliphatic hydroxyl groups excluding tert-OH is 1. The summed E-state index contributed by atoms with van der Waals surface area (Å²) in [7, 11) is 0. The van der Waals surface area contributed by atoms with Crippen LogP contribution in [0.25, 0.3) is 0 Å². The van der Waals surface area contributed by atoms with Crippen LogP contribution in [0.15, 0.2) is 18.2 Å². The number of carbonyl (C=O) groups excluding carboxylic acids is 1. The number of urea groups is 1. The highest BCUT2D eigenvalue weighted by molar-refractivity contribution is 6.30. The zero-order valence-electron chi connectivity index (χ0n) is 11.3. The summed E-state index contributed by atoms with van der Waals surface area (Å²) in [4.78, 5) is 16.2. The molecule has 20 heavy (non-hydrogen) atoms. The molecule has 1 aromatic rings. The smallest absolute Gasteiger partial charge is 0.338 e. The van der Waals surface area contributed by atoms with E-state index >= 15 is 0 Å². The van der Waals surface area contributed by atoms with Gasteiger partial charge in [-0.05, 0) is 23.6 Å². The molecular formula is C13H18ClFN2O3. The lowest BCUT2D eigenvalue weighted by atomic mass is 10.1. The number of hydrogen-bond acceptors (Lipinski definition) is 3. The molecule has 112 valence electrons. The second-order valence-electron chi connectivity index (χ2n) is 4.71. The van der Waals surface area contributed by atoms with Crippen molar-refractivity contribution >= 4 is 17.6 Å². The Labute approximate surface area is 122 Å². The number of hydroxylamine groups is 1. The fraction of sp³-hybridized carbons (Fsp3) is 0.462. The van der Waals surface area contributed by atoms with Gasteiger partial charge >= 0.3 is 6.03 Å². The predicted octanol–water partition coefficient (Wildman–Crippen LogP) is 2.40. The lowest BCUT2D eigenvalue weighted by Crippen LogP contribution is -2.38. The number of aliphatic hydroxyl groups is 1. The van der Waals surface area contributed by atoms with Crippen molar-refractivity contribution < 1.29 is 19.1 Å². The third-order valence-electron chi connectivity index (χ3n) is 2.37. The quantitative estimate of drug-likeness (QED) is 0.707. The molecule has 0 spiro atoms. The Kier molecular flexibility index (Phi) is 6.70. The molecule has 0 aliphatic rings. The first-order valence-corrected chi connectivity index (χ1v) is 6.56. The summed E-state index contributed by atoms with van der Waals surface area (Å²) >= 11 is 5.54. The van der Waals surface area contributed by atoms with Crippen molar-refractivity contribution in [2.75, 3.05) is 13.2 Å². The molecule has 0 unspecified atom stereocenters. The van der Waals surface area contributed by atoms with Crippen molar-refractivity contribution in [3.63, 3.8) is 0 Å². The van der Waals surface area contributed by atoms with E-state index in [1.807, 2.05) is 13.8 Å². The molecule has 0 fully saturated rings. The van der Waals surface area contributed by atoms with Crippen LogP contribution in [0.5, 0.6) is 0 Å². The van der Waals surface area contributed by atoms with Crippen molar-refractivity contribution in [1.82, 2.24) is 10.8 Å². The summed E-state index contributed by atoms with van der Waals surface area (Å²) in [5, 5.41) is 12.2. The molecule has 1 aromatic carbocycles. The maximum Gasteiger partial charge on any atom is 0.338 e. The highest BCUT2D eigenvalue weighted by atomic mass is 35.5. The Balaban J connectivity index is 2.37. The number of benzene rings is 1. The van der Waals surface area contributed by atoms with E-state index in [4.69, 9.17) is 16.4 Å². The van der Waals surface area contributed by atoms with Crippen LogP contribution in [0.2, 0.25) is 5.02 Å². The van der Waals surface area contributed by atoms with Gasteiger partial charge in [0.2, 0.25) is 0 Å². The van der Waals surface area contributed by atoms with Crippen molar-refractivity contribution in [2.24, 2.45) is 5.92 Å². The highest BCUT2D eigenvalue weighted by Gasteiger charge is 2.11. The Hall–Kier alpha value is -1.37. The molecule has 0 aliphatic heterocycles. The van der Waals surface area contributed by atoms with E-state index in [1.165, 1.54) is 12.1 Å². The Morgan fingerprint density at radius 3 is 2.80 bits per heavy atom. The zero-order chi connectivity index (χ0) is 15.1. The van der Waals surface area contributed by atoms with Crippen molar-refractivity contribution in [3.8, 4) is 0 Å². The Bertz CT molecular complexity index is 457. The second kappa shape index (κ2) is 8.04. The van der Waals surface area contributed by atoms with Gasteiger partial charge < -0.3 is 10.4 Å². The summed E-state index contributed by atoms with van der Waals surface area (Å²) in [6.45, 7) is 4.20. The number of rotatable bonds is 6. The van der Waals surface area contributed by atoms with E-state index in [0.717, 1.165) is 6.07 Å². The lowest BCUT2D eigenvalue weighted by Gasteiger charge is -2.13. The van der Waals surface area contributed by atoms with Gasteiger partial charge in [-0.25, -0.2) is 14.7 Å². The summed E-state index contributed by atoms with van der Waals surface area (Å²) in [6, 6.07) is 3.40. The Morgan fingerprint density at radius 1 is 1.50 bits per heavy atom. The van der Waals surface area contributed by atoms with Crippen LogP contribution in [-0.4, -0.2) is 24.3 Å². The molecule has 0 radical (unpaired) electrons. The van der Waals surface area contributed by atoms with Gasteiger partial charge in [-0.2, -0.15) is 0 Å². The number of nitrogens with one attached hydrogen (secondary N) is 2. The average molecular weight is 305 g/mol. The average Bonchev–Trinajstić information content (AvgIpc) is 2.38. The van der Waals surface area contributed by atoms with Gasteiger partial charge in [0.25, 0.3) is 0 Å². The first-order chi connectivity index (χ1) is 9.40. The predicted molar refractivity (Wildman–Crippen MR) is 73.7 cm³/mol. The van der Waals surface area contributed by atoms with Gasteiger partial charge in [-0.1, -0.05) is 31.5 Å². The zero-order valence-corrected chi connectivity index (χ0v) is 12.1. The molecule has 5 nitrogen and oxygen atoms in total. The van der Waals surface area contributed by atoms with Gasteiger partial charge in [-0.3, -0.25) is 4.84 Å². The van der Waals surface area contributed by atoms with E-state index in [9.17, 15) is 14.3 Å². The molecule has 0 heterocycles. The van der Waals surface area contributed by atoms with E-state index < -0.39 is 18.0 Å². The summed E-state index contributed by atoms with van der Waals surface area (Å²) in [6.07, 6.45) is -1.03. The van der Waals surface area contributed by atoms with Crippen LogP contribution < -0.4 is 10.8 Å². The van der Waals surface area contributed by atoms with E-state index in [1.54, 1.807) is 0 Å². The molecule has 3 N–H and O–H groups in total. The molecule has 1 atom stereocenters. The minimum absolute atomic E-state index is 0.0197. The summed E-state index contributed by atoms with van der Waals surface area (Å²) < 4.78 is 13.2. The van der Waals surface area contributed by atoms with E-state index in [0.29, 0.717) is 12.2 Å². The SMILES string of the molecule is CC(C)CONC(=O)NC[C@@H](O)c1ccc(Cl)c(F)c1. The first-order valence-electron chi connectivity index (χ1n) is 6.18. The van der Waals surface area contributed by atoms with Gasteiger partial charge in [0, 0.05) is 6.54 Å². The third-order valence-corrected chi connectivity index (χ3v) is 2.67. The monoisotopic (exact) mass is 304 g/mol. The molecule has 7 heteroatoms. The van der Waals surface area contributed by atoms with Gasteiger partial charge in [-0.15, -0.1) is 0 Å². The van der Waals surface area contributed by atoms with Crippen molar-refractivity contribution in [1.29, 1.82) is 0 Å². The van der Waals surface area contributed by atoms with Gasteiger partial charge in [0.05, 0.1) is 17.7 Å². The maximum atomic E-state index is 13.2. The molecule has 1 rings (SSSR count). The van der Waals surface area contributed by atoms with Crippen LogP contribution in [0.3, 0.4) is 0 Å². The summed E-state index contributed by atoms with van der Waals surface area (Å²) in [5.74, 6) is -0.328. The van der Waals surface area contributed by atoms with Crippen molar-refractivity contribution in [3.05, 3.63) is 34.6 Å². The molecule has 2 amide bonds. The second-order valence-corrected chi connectivity index (χ2v) is 5.11. The highest BCUT2D eigenvalue weighted by Crippen LogP contribution is 2.19. The Morgan fingerprint density at radius 2 is 2.20 bits per heavy atom. The maximum absolute atomic E-state index is 13.2. The van der Waals surface area contributed by atoms with Crippen molar-refractivity contribution in [2.45, 2.75) is 20.0 Å². The number of amides is 2. The van der Waals surface area contributed by atoms with Gasteiger partial charge in [0.15, 0.2) is 0 Å².